The minimum atomic E-state index is -0.637. The number of rotatable bonds is 4. The van der Waals surface area contributed by atoms with Gasteiger partial charge in [0.05, 0.1) is 5.76 Å². The topological polar surface area (TPSA) is 43.4 Å². The molecule has 0 rings (SSSR count). The summed E-state index contributed by atoms with van der Waals surface area (Å²) in [7, 11) is 0. The molecule has 0 aliphatic rings. The molecule has 12 heavy (non-hydrogen) atoms. The molecule has 3 heteroatoms. The number of Topliss-reactive ketones (excluding diaryl/α,β-unsaturated/α-hetero) is 1. The fourth-order valence-corrected chi connectivity index (χ4v) is 0.863. The third-order valence-electron chi connectivity index (χ3n) is 1.46. The molecule has 0 aliphatic heterocycles. The Morgan fingerprint density at radius 2 is 1.92 bits per heavy atom. The summed E-state index contributed by atoms with van der Waals surface area (Å²) in [5.74, 6) is -0.984. The van der Waals surface area contributed by atoms with E-state index in [9.17, 15) is 9.59 Å². The van der Waals surface area contributed by atoms with Gasteiger partial charge in [-0.05, 0) is 20.3 Å². The second-order valence-corrected chi connectivity index (χ2v) is 2.69. The average Bonchev–Trinajstić information content (AvgIpc) is 1.85. The summed E-state index contributed by atoms with van der Waals surface area (Å²) in [5, 5.41) is 0. The maximum Gasteiger partial charge on any atom is 0.321 e. The van der Waals surface area contributed by atoms with Crippen LogP contribution in [0.1, 0.15) is 27.2 Å². The molecule has 0 aromatic rings. The highest BCUT2D eigenvalue weighted by Gasteiger charge is 2.22. The smallest absolute Gasteiger partial charge is 0.321 e. The van der Waals surface area contributed by atoms with E-state index in [0.717, 1.165) is 0 Å². The Morgan fingerprint density at radius 1 is 1.42 bits per heavy atom. The summed E-state index contributed by atoms with van der Waals surface area (Å²) in [6.07, 6.45) is 0.474. The quantitative estimate of drug-likeness (QED) is 0.366. The van der Waals surface area contributed by atoms with E-state index in [4.69, 9.17) is 4.74 Å². The van der Waals surface area contributed by atoms with Crippen molar-refractivity contribution in [3.63, 3.8) is 0 Å². The van der Waals surface area contributed by atoms with Crippen molar-refractivity contribution in [2.24, 2.45) is 5.92 Å². The van der Waals surface area contributed by atoms with Crippen molar-refractivity contribution in [1.29, 1.82) is 0 Å². The van der Waals surface area contributed by atoms with Crippen LogP contribution in [-0.4, -0.2) is 11.8 Å². The lowest BCUT2D eigenvalue weighted by Crippen LogP contribution is -2.22. The van der Waals surface area contributed by atoms with Gasteiger partial charge in [0.25, 0.3) is 0 Å². The predicted molar refractivity (Wildman–Crippen MR) is 45.4 cm³/mol. The lowest BCUT2D eigenvalue weighted by atomic mass is 10.0. The van der Waals surface area contributed by atoms with E-state index in [0.29, 0.717) is 12.2 Å². The Hall–Kier alpha value is -1.12. The van der Waals surface area contributed by atoms with Crippen molar-refractivity contribution < 1.29 is 14.3 Å². The summed E-state index contributed by atoms with van der Waals surface area (Å²) in [6.45, 7) is 8.14. The van der Waals surface area contributed by atoms with E-state index < -0.39 is 11.9 Å². The Bertz CT molecular complexity index is 206. The van der Waals surface area contributed by atoms with Crippen LogP contribution in [0.4, 0.5) is 0 Å². The maximum atomic E-state index is 11.1. The molecular formula is C9H14O3. The molecule has 0 amide bonds. The molecule has 0 heterocycles. The first-order valence-electron chi connectivity index (χ1n) is 3.86. The Balaban J connectivity index is 4.22. The Morgan fingerprint density at radius 3 is 2.17 bits per heavy atom. The number of carbonyl (C=O) groups is 2. The van der Waals surface area contributed by atoms with Crippen LogP contribution in [0.15, 0.2) is 12.3 Å². The second kappa shape index (κ2) is 4.70. The van der Waals surface area contributed by atoms with Gasteiger partial charge in [-0.2, -0.15) is 0 Å². The fourth-order valence-electron chi connectivity index (χ4n) is 0.863. The third-order valence-corrected chi connectivity index (χ3v) is 1.46. The zero-order valence-electron chi connectivity index (χ0n) is 7.72. The molecule has 0 aromatic heterocycles. The van der Waals surface area contributed by atoms with Gasteiger partial charge in [0, 0.05) is 0 Å². The zero-order chi connectivity index (χ0) is 9.72. The largest absolute Gasteiger partial charge is 0.431 e. The Labute approximate surface area is 72.4 Å². The highest BCUT2D eigenvalue weighted by Crippen LogP contribution is 2.08. The van der Waals surface area contributed by atoms with Gasteiger partial charge in [0.2, 0.25) is 0 Å². The van der Waals surface area contributed by atoms with Crippen LogP contribution in [0.3, 0.4) is 0 Å². The third kappa shape index (κ3) is 3.32. The van der Waals surface area contributed by atoms with E-state index in [1.807, 2.05) is 0 Å². The summed E-state index contributed by atoms with van der Waals surface area (Å²) in [4.78, 5) is 22.0. The lowest BCUT2D eigenvalue weighted by molar-refractivity contribution is -0.147. The molecule has 1 unspecified atom stereocenters. The van der Waals surface area contributed by atoms with Gasteiger partial charge < -0.3 is 4.74 Å². The van der Waals surface area contributed by atoms with Gasteiger partial charge in [-0.15, -0.1) is 0 Å². The van der Waals surface area contributed by atoms with Crippen molar-refractivity contribution in [2.75, 3.05) is 0 Å². The van der Waals surface area contributed by atoms with Crippen LogP contribution in [-0.2, 0) is 14.3 Å². The molecule has 68 valence electrons. The van der Waals surface area contributed by atoms with Crippen LogP contribution >= 0.6 is 0 Å². The summed E-state index contributed by atoms with van der Waals surface area (Å²) < 4.78 is 4.71. The van der Waals surface area contributed by atoms with Gasteiger partial charge in [-0.3, -0.25) is 9.59 Å². The molecule has 0 radical (unpaired) electrons. The van der Waals surface area contributed by atoms with Crippen LogP contribution in [0.25, 0.3) is 0 Å². The predicted octanol–water partition coefficient (Wildman–Crippen LogP) is 1.68. The van der Waals surface area contributed by atoms with E-state index in [1.54, 1.807) is 13.8 Å². The van der Waals surface area contributed by atoms with Gasteiger partial charge in [-0.25, -0.2) is 0 Å². The van der Waals surface area contributed by atoms with E-state index in [-0.39, 0.29) is 5.78 Å². The van der Waals surface area contributed by atoms with E-state index >= 15 is 0 Å². The number of allylic oxidation sites excluding steroid dienone is 1. The average molecular weight is 170 g/mol. The number of esters is 1. The highest BCUT2D eigenvalue weighted by atomic mass is 16.5. The highest BCUT2D eigenvalue weighted by molar-refractivity contribution is 5.97. The zero-order valence-corrected chi connectivity index (χ0v) is 7.72. The molecule has 0 saturated heterocycles. The molecule has 0 spiro atoms. The van der Waals surface area contributed by atoms with Crippen molar-refractivity contribution in [3.8, 4) is 0 Å². The molecule has 0 aromatic carbocycles. The molecular weight excluding hydrogens is 156 g/mol. The van der Waals surface area contributed by atoms with Crippen LogP contribution < -0.4 is 0 Å². The van der Waals surface area contributed by atoms with Crippen molar-refractivity contribution in [1.82, 2.24) is 0 Å². The first-order chi connectivity index (χ1) is 5.49. The monoisotopic (exact) mass is 170 g/mol. The molecule has 0 aliphatic carbocycles. The number of carbonyl (C=O) groups excluding carboxylic acids is 2. The second-order valence-electron chi connectivity index (χ2n) is 2.69. The molecule has 0 saturated carbocycles. The first kappa shape index (κ1) is 10.9. The van der Waals surface area contributed by atoms with Crippen molar-refractivity contribution >= 4 is 11.8 Å². The van der Waals surface area contributed by atoms with Crippen LogP contribution in [0, 0.1) is 5.92 Å². The van der Waals surface area contributed by atoms with Gasteiger partial charge in [-0.1, -0.05) is 13.5 Å². The maximum absolute atomic E-state index is 11.1. The summed E-state index contributed by atoms with van der Waals surface area (Å²) in [6, 6.07) is 0. The molecule has 0 N–H and O–H groups in total. The van der Waals surface area contributed by atoms with Crippen molar-refractivity contribution in [2.45, 2.75) is 27.2 Å². The van der Waals surface area contributed by atoms with E-state index in [1.165, 1.54) is 6.92 Å². The number of hydrogen-bond acceptors (Lipinski definition) is 3. The van der Waals surface area contributed by atoms with Gasteiger partial charge in [0.1, 0.15) is 11.7 Å². The minimum absolute atomic E-state index is 0.163. The molecule has 0 fully saturated rings. The van der Waals surface area contributed by atoms with Crippen LogP contribution in [0.5, 0.6) is 0 Å². The molecule has 1 atom stereocenters. The number of ether oxygens (including phenoxy) is 1. The fraction of sp³-hybridized carbons (Fsp3) is 0.556. The summed E-state index contributed by atoms with van der Waals surface area (Å²) in [5.41, 5.74) is 0. The Kier molecular flexibility index (Phi) is 4.26. The van der Waals surface area contributed by atoms with Crippen LogP contribution in [0.2, 0.25) is 0 Å². The molecule has 3 nitrogen and oxygen atoms in total. The standard InChI is InChI=1S/C9H14O3/c1-5-8(7(4)10)9(11)12-6(2)3/h8H,2,5H2,1,3-4H3. The number of hydrogen-bond donors (Lipinski definition) is 0. The molecule has 0 bridgehead atoms. The van der Waals surface area contributed by atoms with E-state index in [2.05, 4.69) is 6.58 Å². The van der Waals surface area contributed by atoms with Crippen molar-refractivity contribution in [3.05, 3.63) is 12.3 Å². The van der Waals surface area contributed by atoms with Gasteiger partial charge >= 0.3 is 5.97 Å². The minimum Gasteiger partial charge on any atom is -0.431 e. The SMILES string of the molecule is C=C(C)OC(=O)C(CC)C(C)=O. The van der Waals surface area contributed by atoms with Gasteiger partial charge in [0.15, 0.2) is 0 Å². The summed E-state index contributed by atoms with van der Waals surface area (Å²) >= 11 is 0. The normalized spacial score (nSPS) is 11.9. The first-order valence-corrected chi connectivity index (χ1v) is 3.86. The number of ketones is 1. The lowest BCUT2D eigenvalue weighted by Gasteiger charge is -2.09.